The van der Waals surface area contributed by atoms with Crippen molar-refractivity contribution in [3.8, 4) is 0 Å². The van der Waals surface area contributed by atoms with Gasteiger partial charge >= 0.3 is 0 Å². The number of nitrogens with one attached hydrogen (secondary N) is 2. The molecule has 0 bridgehead atoms. The number of nitrogen functional groups attached to an aromatic ring is 1. The van der Waals surface area contributed by atoms with Crippen LogP contribution in [0.3, 0.4) is 0 Å². The summed E-state index contributed by atoms with van der Waals surface area (Å²) in [6.07, 6.45) is 4.04. The largest absolute Gasteiger partial charge is 0.324 e. The Balaban J connectivity index is 1.93. The molecule has 5 nitrogen and oxygen atoms in total. The fourth-order valence-electron chi connectivity index (χ4n) is 3.03. The second kappa shape index (κ2) is 5.94. The molecule has 0 aromatic heterocycles. The van der Waals surface area contributed by atoms with Crippen molar-refractivity contribution in [2.45, 2.75) is 39.7 Å². The second-order valence-electron chi connectivity index (χ2n) is 5.83. The fourth-order valence-corrected chi connectivity index (χ4v) is 3.03. The SMILES string of the molecule is CCC1NN2C(C)=CC(C)=NC2=C1Cc1ccc(NN)cc1. The molecule has 0 aliphatic carbocycles. The maximum atomic E-state index is 5.43. The molecule has 4 N–H and O–H groups in total. The maximum absolute atomic E-state index is 5.43. The molecule has 2 heterocycles. The van der Waals surface area contributed by atoms with Crippen LogP contribution in [0.5, 0.6) is 0 Å². The van der Waals surface area contributed by atoms with Crippen molar-refractivity contribution in [2.24, 2.45) is 10.8 Å². The van der Waals surface area contributed by atoms with Crippen molar-refractivity contribution < 1.29 is 0 Å². The molecule has 116 valence electrons. The van der Waals surface area contributed by atoms with Crippen LogP contribution in [-0.2, 0) is 6.42 Å². The highest BCUT2D eigenvalue weighted by Crippen LogP contribution is 2.32. The third-order valence-corrected chi connectivity index (χ3v) is 4.18. The standard InChI is InChI=1S/C17H23N5/c1-4-16-15(10-13-5-7-14(20-18)8-6-13)17-19-11(2)9-12(3)22(17)21-16/h5-9,16,20-21H,4,10,18H2,1-3H3. The van der Waals surface area contributed by atoms with Gasteiger partial charge in [0.2, 0.25) is 0 Å². The van der Waals surface area contributed by atoms with Crippen molar-refractivity contribution in [2.75, 3.05) is 5.43 Å². The molecule has 0 fully saturated rings. The van der Waals surface area contributed by atoms with Gasteiger partial charge in [0.25, 0.3) is 0 Å². The molecule has 2 aliphatic rings. The van der Waals surface area contributed by atoms with Crippen LogP contribution in [0.15, 0.2) is 52.4 Å². The van der Waals surface area contributed by atoms with E-state index in [1.165, 1.54) is 16.8 Å². The van der Waals surface area contributed by atoms with Crippen LogP contribution in [-0.4, -0.2) is 16.8 Å². The van der Waals surface area contributed by atoms with Gasteiger partial charge in [-0.2, -0.15) is 0 Å². The van der Waals surface area contributed by atoms with E-state index in [4.69, 9.17) is 10.8 Å². The van der Waals surface area contributed by atoms with Gasteiger partial charge in [-0.25, -0.2) is 10.4 Å². The summed E-state index contributed by atoms with van der Waals surface area (Å²) in [6, 6.07) is 8.56. The Kier molecular flexibility index (Phi) is 4.00. The number of anilines is 1. The minimum absolute atomic E-state index is 0.334. The molecule has 0 spiro atoms. The molecule has 1 atom stereocenters. The first kappa shape index (κ1) is 14.8. The van der Waals surface area contributed by atoms with Gasteiger partial charge in [0.1, 0.15) is 5.82 Å². The van der Waals surface area contributed by atoms with Gasteiger partial charge in [-0.1, -0.05) is 19.1 Å². The minimum atomic E-state index is 0.334. The number of aliphatic imine (C=N–C) groups is 1. The first-order valence-electron chi connectivity index (χ1n) is 7.71. The van der Waals surface area contributed by atoms with Crippen molar-refractivity contribution in [3.63, 3.8) is 0 Å². The smallest absolute Gasteiger partial charge is 0.148 e. The third-order valence-electron chi connectivity index (χ3n) is 4.18. The third kappa shape index (κ3) is 2.65. The van der Waals surface area contributed by atoms with Crippen LogP contribution in [0.2, 0.25) is 0 Å². The predicted molar refractivity (Wildman–Crippen MR) is 90.9 cm³/mol. The number of hydrazine groups is 2. The van der Waals surface area contributed by atoms with Crippen LogP contribution >= 0.6 is 0 Å². The van der Waals surface area contributed by atoms with E-state index in [0.717, 1.165) is 30.1 Å². The molecule has 0 amide bonds. The van der Waals surface area contributed by atoms with Crippen molar-refractivity contribution >= 4 is 11.4 Å². The summed E-state index contributed by atoms with van der Waals surface area (Å²) in [6.45, 7) is 6.36. The topological polar surface area (TPSA) is 65.7 Å². The van der Waals surface area contributed by atoms with Gasteiger partial charge in [-0.05, 0) is 56.0 Å². The van der Waals surface area contributed by atoms with Crippen LogP contribution in [0.1, 0.15) is 32.8 Å². The number of hydrogen-bond donors (Lipinski definition) is 3. The van der Waals surface area contributed by atoms with Gasteiger partial charge in [0.05, 0.1) is 6.04 Å². The van der Waals surface area contributed by atoms with Crippen molar-refractivity contribution in [1.29, 1.82) is 0 Å². The highest BCUT2D eigenvalue weighted by molar-refractivity contribution is 5.95. The van der Waals surface area contributed by atoms with Gasteiger partial charge < -0.3 is 5.43 Å². The van der Waals surface area contributed by atoms with Gasteiger partial charge in [0, 0.05) is 17.1 Å². The van der Waals surface area contributed by atoms with Crippen LogP contribution in [0.4, 0.5) is 5.69 Å². The minimum Gasteiger partial charge on any atom is -0.324 e. The Morgan fingerprint density at radius 3 is 2.64 bits per heavy atom. The maximum Gasteiger partial charge on any atom is 0.148 e. The summed E-state index contributed by atoms with van der Waals surface area (Å²) < 4.78 is 0. The molecule has 0 radical (unpaired) electrons. The summed E-state index contributed by atoms with van der Waals surface area (Å²) in [5.41, 5.74) is 12.0. The normalized spacial score (nSPS) is 20.7. The van der Waals surface area contributed by atoms with E-state index in [2.05, 4.69) is 47.9 Å². The molecule has 1 aromatic carbocycles. The molecule has 22 heavy (non-hydrogen) atoms. The second-order valence-corrected chi connectivity index (χ2v) is 5.83. The molecule has 1 aromatic rings. The number of allylic oxidation sites excluding steroid dienone is 2. The summed E-state index contributed by atoms with van der Waals surface area (Å²) >= 11 is 0. The molecule has 1 unspecified atom stereocenters. The Labute approximate surface area is 131 Å². The average Bonchev–Trinajstić information content (AvgIpc) is 2.86. The lowest BCUT2D eigenvalue weighted by molar-refractivity contribution is 0.309. The van der Waals surface area contributed by atoms with Gasteiger partial charge in [-0.15, -0.1) is 0 Å². The molecule has 3 rings (SSSR count). The highest BCUT2D eigenvalue weighted by atomic mass is 15.6. The first-order valence-corrected chi connectivity index (χ1v) is 7.71. The Morgan fingerprint density at radius 1 is 1.27 bits per heavy atom. The zero-order chi connectivity index (χ0) is 15.7. The number of benzene rings is 1. The lowest BCUT2D eigenvalue weighted by Gasteiger charge is -2.25. The quantitative estimate of drug-likeness (QED) is 0.590. The monoisotopic (exact) mass is 297 g/mol. The zero-order valence-corrected chi connectivity index (χ0v) is 13.4. The van der Waals surface area contributed by atoms with E-state index in [-0.39, 0.29) is 0 Å². The molecule has 2 aliphatic heterocycles. The zero-order valence-electron chi connectivity index (χ0n) is 13.4. The molecule has 5 heteroatoms. The molecule has 0 saturated heterocycles. The van der Waals surface area contributed by atoms with Crippen LogP contribution in [0.25, 0.3) is 0 Å². The Morgan fingerprint density at radius 2 is 2.00 bits per heavy atom. The molecular formula is C17H23N5. The number of nitrogens with two attached hydrogens (primary N) is 1. The summed E-state index contributed by atoms with van der Waals surface area (Å²) in [4.78, 5) is 4.76. The summed E-state index contributed by atoms with van der Waals surface area (Å²) in [5.74, 6) is 6.49. The summed E-state index contributed by atoms with van der Waals surface area (Å²) in [7, 11) is 0. The van der Waals surface area contributed by atoms with E-state index in [0.29, 0.717) is 6.04 Å². The predicted octanol–water partition coefficient (Wildman–Crippen LogP) is 2.70. The Bertz CT molecular complexity index is 654. The average molecular weight is 297 g/mol. The van der Waals surface area contributed by atoms with Crippen LogP contribution in [0, 0.1) is 0 Å². The van der Waals surface area contributed by atoms with E-state index in [1.54, 1.807) is 0 Å². The van der Waals surface area contributed by atoms with E-state index in [1.807, 2.05) is 19.1 Å². The van der Waals surface area contributed by atoms with E-state index >= 15 is 0 Å². The fraction of sp³-hybridized carbons (Fsp3) is 0.353. The highest BCUT2D eigenvalue weighted by Gasteiger charge is 2.32. The number of rotatable bonds is 4. The number of fused-ring (bicyclic) bond motifs is 1. The van der Waals surface area contributed by atoms with Gasteiger partial charge in [0.15, 0.2) is 0 Å². The number of nitrogens with zero attached hydrogens (tertiary/aromatic N) is 2. The lowest BCUT2D eigenvalue weighted by Crippen LogP contribution is -2.37. The molecular weight excluding hydrogens is 274 g/mol. The van der Waals surface area contributed by atoms with E-state index < -0.39 is 0 Å². The van der Waals surface area contributed by atoms with Crippen molar-refractivity contribution in [3.05, 3.63) is 53.0 Å². The first-order chi connectivity index (χ1) is 10.6. The van der Waals surface area contributed by atoms with Crippen molar-refractivity contribution in [1.82, 2.24) is 10.4 Å². The number of hydrogen-bond acceptors (Lipinski definition) is 5. The van der Waals surface area contributed by atoms with Crippen LogP contribution < -0.4 is 16.7 Å². The summed E-state index contributed by atoms with van der Waals surface area (Å²) in [5, 5.41) is 2.12. The van der Waals surface area contributed by atoms with E-state index in [9.17, 15) is 0 Å². The van der Waals surface area contributed by atoms with Gasteiger partial charge in [-0.3, -0.25) is 10.9 Å². The Hall–Kier alpha value is -2.11. The molecule has 0 saturated carbocycles. The lowest BCUT2D eigenvalue weighted by atomic mass is 9.98.